The zero-order chi connectivity index (χ0) is 11.1. The van der Waals surface area contributed by atoms with E-state index in [1.807, 2.05) is 12.1 Å². The molecule has 0 heterocycles. The second kappa shape index (κ2) is 6.06. The minimum absolute atomic E-state index is 0.235. The highest BCUT2D eigenvalue weighted by molar-refractivity contribution is 7.78. The monoisotopic (exact) mass is 221 g/mol. The van der Waals surface area contributed by atoms with Gasteiger partial charge in [0.05, 0.1) is 23.9 Å². The summed E-state index contributed by atoms with van der Waals surface area (Å²) >= 11 is 4.50. The fourth-order valence-corrected chi connectivity index (χ4v) is 1.27. The van der Waals surface area contributed by atoms with Gasteiger partial charge in [-0.3, -0.25) is 4.79 Å². The highest BCUT2D eigenvalue weighted by Crippen LogP contribution is 2.14. The lowest BCUT2D eigenvalue weighted by Gasteiger charge is -2.02. The topological polar surface area (TPSA) is 38.7 Å². The molecule has 0 saturated carbocycles. The molecular formula is C11H11NO2S. The van der Waals surface area contributed by atoms with E-state index in [-0.39, 0.29) is 12.4 Å². The van der Waals surface area contributed by atoms with Crippen LogP contribution in [0, 0.1) is 0 Å². The number of ether oxygens (including phenoxy) is 1. The average molecular weight is 221 g/mol. The molecule has 4 heteroatoms. The summed E-state index contributed by atoms with van der Waals surface area (Å²) in [5.41, 5.74) is 1.56. The lowest BCUT2D eigenvalue weighted by atomic mass is 10.1. The van der Waals surface area contributed by atoms with Crippen molar-refractivity contribution in [3.05, 3.63) is 29.8 Å². The van der Waals surface area contributed by atoms with Gasteiger partial charge < -0.3 is 4.74 Å². The van der Waals surface area contributed by atoms with Gasteiger partial charge in [-0.1, -0.05) is 12.1 Å². The van der Waals surface area contributed by atoms with E-state index in [1.54, 1.807) is 19.1 Å². The molecule has 1 rings (SSSR count). The Morgan fingerprint density at radius 1 is 1.60 bits per heavy atom. The van der Waals surface area contributed by atoms with Gasteiger partial charge in [0.2, 0.25) is 0 Å². The van der Waals surface area contributed by atoms with Crippen molar-refractivity contribution in [3.63, 3.8) is 0 Å². The van der Waals surface area contributed by atoms with E-state index < -0.39 is 0 Å². The van der Waals surface area contributed by atoms with Crippen LogP contribution in [0.1, 0.15) is 12.5 Å². The molecule has 0 spiro atoms. The number of carbonyl (C=O) groups is 1. The molecule has 0 aromatic heterocycles. The first-order valence-corrected chi connectivity index (χ1v) is 4.99. The van der Waals surface area contributed by atoms with Crippen molar-refractivity contribution in [3.8, 4) is 0 Å². The standard InChI is InChI=1S/C11H11NO2S/c1-2-14-11(13)7-9-4-3-5-10(6-9)12-8-15/h3-6H,2,7H2,1H3. The number of carbonyl (C=O) groups excluding carboxylic acids is 1. The van der Waals surface area contributed by atoms with Gasteiger partial charge >= 0.3 is 5.97 Å². The molecule has 3 nitrogen and oxygen atoms in total. The Morgan fingerprint density at radius 2 is 2.40 bits per heavy atom. The predicted molar refractivity (Wildman–Crippen MR) is 61.5 cm³/mol. The third-order valence-corrected chi connectivity index (χ3v) is 1.83. The van der Waals surface area contributed by atoms with Crippen LogP contribution in [0.3, 0.4) is 0 Å². The zero-order valence-electron chi connectivity index (χ0n) is 8.40. The van der Waals surface area contributed by atoms with Gasteiger partial charge in [0.25, 0.3) is 0 Å². The summed E-state index contributed by atoms with van der Waals surface area (Å²) in [6, 6.07) is 7.25. The van der Waals surface area contributed by atoms with Crippen molar-refractivity contribution in [2.75, 3.05) is 6.61 Å². The van der Waals surface area contributed by atoms with Crippen molar-refractivity contribution >= 4 is 29.0 Å². The van der Waals surface area contributed by atoms with Crippen LogP contribution in [-0.4, -0.2) is 17.7 Å². The minimum atomic E-state index is -0.235. The summed E-state index contributed by atoms with van der Waals surface area (Å²) in [5, 5.41) is 2.28. The van der Waals surface area contributed by atoms with Crippen LogP contribution in [0.2, 0.25) is 0 Å². The minimum Gasteiger partial charge on any atom is -0.466 e. The van der Waals surface area contributed by atoms with Crippen LogP contribution >= 0.6 is 12.2 Å². The second-order valence-electron chi connectivity index (χ2n) is 2.85. The van der Waals surface area contributed by atoms with E-state index in [1.165, 1.54) is 0 Å². The van der Waals surface area contributed by atoms with Crippen molar-refractivity contribution in [2.24, 2.45) is 4.99 Å². The number of rotatable bonds is 4. The normalized spacial score (nSPS) is 9.13. The lowest BCUT2D eigenvalue weighted by molar-refractivity contribution is -0.142. The first-order chi connectivity index (χ1) is 7.26. The number of hydrogen-bond donors (Lipinski definition) is 0. The largest absolute Gasteiger partial charge is 0.466 e. The molecule has 0 fully saturated rings. The molecule has 15 heavy (non-hydrogen) atoms. The van der Waals surface area contributed by atoms with Crippen LogP contribution in [0.15, 0.2) is 29.3 Å². The van der Waals surface area contributed by atoms with Crippen LogP contribution in [0.5, 0.6) is 0 Å². The zero-order valence-corrected chi connectivity index (χ0v) is 9.21. The van der Waals surface area contributed by atoms with Crippen molar-refractivity contribution in [2.45, 2.75) is 13.3 Å². The summed E-state index contributed by atoms with van der Waals surface area (Å²) in [4.78, 5) is 15.0. The molecule has 0 aliphatic heterocycles. The van der Waals surface area contributed by atoms with Crippen molar-refractivity contribution in [1.82, 2.24) is 0 Å². The van der Waals surface area contributed by atoms with Gasteiger partial charge in [-0.25, -0.2) is 0 Å². The number of aliphatic imine (C=N–C) groups is 1. The van der Waals surface area contributed by atoms with E-state index in [4.69, 9.17) is 4.74 Å². The van der Waals surface area contributed by atoms with E-state index in [0.717, 1.165) is 5.56 Å². The molecule has 0 aliphatic rings. The molecule has 0 aliphatic carbocycles. The molecule has 1 aromatic rings. The Bertz CT molecular complexity index is 397. The number of hydrogen-bond acceptors (Lipinski definition) is 4. The van der Waals surface area contributed by atoms with E-state index in [9.17, 15) is 4.79 Å². The van der Waals surface area contributed by atoms with Gasteiger partial charge in [0.15, 0.2) is 0 Å². The van der Waals surface area contributed by atoms with Crippen molar-refractivity contribution in [1.29, 1.82) is 0 Å². The fraction of sp³-hybridized carbons (Fsp3) is 0.273. The van der Waals surface area contributed by atoms with Crippen LogP contribution in [-0.2, 0) is 16.0 Å². The molecular weight excluding hydrogens is 210 g/mol. The maximum Gasteiger partial charge on any atom is 0.310 e. The summed E-state index contributed by atoms with van der Waals surface area (Å²) in [6.07, 6.45) is 0.259. The Labute approximate surface area is 93.8 Å². The first-order valence-electron chi connectivity index (χ1n) is 4.58. The number of thiocarbonyl (C=S) groups is 1. The van der Waals surface area contributed by atoms with Gasteiger partial charge in [-0.05, 0) is 36.8 Å². The molecule has 0 N–H and O–H groups in total. The van der Waals surface area contributed by atoms with E-state index in [2.05, 4.69) is 22.4 Å². The molecule has 1 aromatic carbocycles. The van der Waals surface area contributed by atoms with Gasteiger partial charge in [0.1, 0.15) is 0 Å². The summed E-state index contributed by atoms with van der Waals surface area (Å²) in [5.74, 6) is -0.235. The quantitative estimate of drug-likeness (QED) is 0.445. The molecule has 78 valence electrons. The Kier molecular flexibility index (Phi) is 4.68. The summed E-state index contributed by atoms with van der Waals surface area (Å²) < 4.78 is 4.84. The summed E-state index contributed by atoms with van der Waals surface area (Å²) in [6.45, 7) is 2.18. The van der Waals surface area contributed by atoms with Crippen molar-refractivity contribution < 1.29 is 9.53 Å². The number of nitrogens with zero attached hydrogens (tertiary/aromatic N) is 1. The first kappa shape index (κ1) is 11.6. The van der Waals surface area contributed by atoms with Gasteiger partial charge in [0, 0.05) is 0 Å². The molecule has 0 saturated heterocycles. The number of benzene rings is 1. The van der Waals surface area contributed by atoms with Gasteiger partial charge in [-0.15, -0.1) is 0 Å². The third kappa shape index (κ3) is 4.02. The van der Waals surface area contributed by atoms with Crippen LogP contribution in [0.25, 0.3) is 0 Å². The molecule has 0 atom stereocenters. The van der Waals surface area contributed by atoms with E-state index >= 15 is 0 Å². The molecule has 0 unspecified atom stereocenters. The highest BCUT2D eigenvalue weighted by atomic mass is 32.1. The number of esters is 1. The Morgan fingerprint density at radius 3 is 3.07 bits per heavy atom. The Hall–Kier alpha value is -1.51. The average Bonchev–Trinajstić information content (AvgIpc) is 2.19. The summed E-state index contributed by atoms with van der Waals surface area (Å²) in [7, 11) is 0. The smallest absolute Gasteiger partial charge is 0.310 e. The SMILES string of the molecule is CCOC(=O)Cc1cccc(N=C=S)c1. The van der Waals surface area contributed by atoms with Crippen LogP contribution < -0.4 is 0 Å². The molecule has 0 radical (unpaired) electrons. The third-order valence-electron chi connectivity index (χ3n) is 1.74. The highest BCUT2D eigenvalue weighted by Gasteiger charge is 2.03. The molecule has 0 bridgehead atoms. The maximum absolute atomic E-state index is 11.2. The predicted octanol–water partition coefficient (Wildman–Crippen LogP) is 2.53. The number of isothiocyanates is 1. The second-order valence-corrected chi connectivity index (χ2v) is 3.04. The Balaban J connectivity index is 2.73. The fourth-order valence-electron chi connectivity index (χ4n) is 1.17. The van der Waals surface area contributed by atoms with Crippen LogP contribution in [0.4, 0.5) is 5.69 Å². The molecule has 0 amide bonds. The lowest BCUT2D eigenvalue weighted by Crippen LogP contribution is -2.07. The van der Waals surface area contributed by atoms with E-state index in [0.29, 0.717) is 12.3 Å². The maximum atomic E-state index is 11.2. The van der Waals surface area contributed by atoms with Gasteiger partial charge in [-0.2, -0.15) is 4.99 Å².